The van der Waals surface area contributed by atoms with Crippen LogP contribution in [0.15, 0.2) is 60.7 Å². The molecule has 2 atom stereocenters. The van der Waals surface area contributed by atoms with Crippen LogP contribution in [0.4, 0.5) is 0 Å². The Bertz CT molecular complexity index is 1100. The Labute approximate surface area is 228 Å². The zero-order valence-electron chi connectivity index (χ0n) is 21.3. The lowest BCUT2D eigenvalue weighted by atomic mass is 10.1. The molecule has 0 fully saturated rings. The van der Waals surface area contributed by atoms with Crippen molar-refractivity contribution in [2.75, 3.05) is 39.3 Å². The molecule has 0 bridgehead atoms. The van der Waals surface area contributed by atoms with Gasteiger partial charge < -0.3 is 31.1 Å². The van der Waals surface area contributed by atoms with Crippen molar-refractivity contribution in [1.29, 1.82) is 0 Å². The normalized spacial score (nSPS) is 12.3. The number of rotatable bonds is 17. The van der Waals surface area contributed by atoms with Crippen LogP contribution in [0.3, 0.4) is 0 Å². The summed E-state index contributed by atoms with van der Waals surface area (Å²) in [6, 6.07) is 13.0. The Kier molecular flexibility index (Phi) is 12.2. The predicted octanol–water partition coefficient (Wildman–Crippen LogP) is -0.356. The summed E-state index contributed by atoms with van der Waals surface area (Å²) < 4.78 is 0. The van der Waals surface area contributed by atoms with Gasteiger partial charge in [0.05, 0.1) is 26.2 Å². The molecule has 0 aliphatic carbocycles. The highest BCUT2D eigenvalue weighted by Crippen LogP contribution is 2.14. The second kappa shape index (κ2) is 15.6. The van der Waals surface area contributed by atoms with Crippen LogP contribution >= 0.6 is 0 Å². The van der Waals surface area contributed by atoms with Crippen molar-refractivity contribution in [3.05, 3.63) is 71.8 Å². The number of hydrogen-bond donors (Lipinski definition) is 6. The highest BCUT2D eigenvalue weighted by Gasteiger charge is 2.26. The molecule has 40 heavy (non-hydrogen) atoms. The molecule has 0 aliphatic rings. The van der Waals surface area contributed by atoms with E-state index < -0.39 is 74.0 Å². The average Bonchev–Trinajstić information content (AvgIpc) is 2.89. The highest BCUT2D eigenvalue weighted by molar-refractivity contribution is 5.86. The zero-order chi connectivity index (χ0) is 29.7. The average molecular weight is 559 g/mol. The highest BCUT2D eigenvalue weighted by atomic mass is 16.4. The van der Waals surface area contributed by atoms with Crippen molar-refractivity contribution < 1.29 is 49.2 Å². The fourth-order valence-corrected chi connectivity index (χ4v) is 3.78. The molecule has 2 aromatic carbocycles. The fraction of sp³-hybridized carbons (Fsp3) is 0.308. The van der Waals surface area contributed by atoms with Gasteiger partial charge in [-0.2, -0.15) is 0 Å². The minimum absolute atomic E-state index is 0.176. The van der Waals surface area contributed by atoms with Gasteiger partial charge in [-0.05, 0) is 11.1 Å². The Morgan fingerprint density at radius 3 is 1.15 bits per heavy atom. The Morgan fingerprint density at radius 1 is 0.550 bits per heavy atom. The Morgan fingerprint density at radius 2 is 0.875 bits per heavy atom. The van der Waals surface area contributed by atoms with Crippen molar-refractivity contribution in [2.45, 2.75) is 12.1 Å². The second-order valence-corrected chi connectivity index (χ2v) is 8.71. The van der Waals surface area contributed by atoms with E-state index in [9.17, 15) is 49.2 Å². The lowest BCUT2D eigenvalue weighted by molar-refractivity contribution is -0.143. The summed E-state index contributed by atoms with van der Waals surface area (Å²) in [5.74, 6) is -6.80. The first-order valence-electron chi connectivity index (χ1n) is 12.0. The van der Waals surface area contributed by atoms with Gasteiger partial charge in [0.2, 0.25) is 11.8 Å². The Hall–Kier alpha value is -4.82. The number of hydrogen-bond acceptors (Lipinski definition) is 8. The molecular formula is C26H30N4O10. The first-order valence-corrected chi connectivity index (χ1v) is 12.0. The van der Waals surface area contributed by atoms with E-state index in [1.54, 1.807) is 36.4 Å². The molecule has 0 saturated carbocycles. The van der Waals surface area contributed by atoms with Crippen LogP contribution in [0.5, 0.6) is 0 Å². The minimum atomic E-state index is -1.38. The van der Waals surface area contributed by atoms with Gasteiger partial charge in [-0.1, -0.05) is 60.7 Å². The number of aliphatic carboxylic acids is 4. The molecule has 0 aliphatic heterocycles. The van der Waals surface area contributed by atoms with E-state index in [0.717, 1.165) is 9.80 Å². The van der Waals surface area contributed by atoms with Gasteiger partial charge in [0.25, 0.3) is 0 Å². The third-order valence-electron chi connectivity index (χ3n) is 5.55. The fourth-order valence-electron chi connectivity index (χ4n) is 3.78. The standard InChI is InChI=1S/C26H30N4O10/c31-19(27-23(25(37)38)17-7-3-1-4-8-17)13-29(15-21(33)34)11-12-30(16-22(35)36)14-20(32)28-24(26(39)40)18-9-5-2-6-10-18/h1-10,23-24H,11-16H2,(H,27,31)(H,28,32)(H,33,34)(H,35,36)(H,37,38)(H,39,40). The van der Waals surface area contributed by atoms with Crippen molar-refractivity contribution in [3.8, 4) is 0 Å². The number of carboxylic acids is 4. The summed E-state index contributed by atoms with van der Waals surface area (Å²) in [6.07, 6.45) is 0. The number of carbonyl (C=O) groups excluding carboxylic acids is 2. The molecule has 14 heteroatoms. The molecule has 0 aromatic heterocycles. The molecule has 2 unspecified atom stereocenters. The summed E-state index contributed by atoms with van der Waals surface area (Å²) in [7, 11) is 0. The monoisotopic (exact) mass is 558 g/mol. The van der Waals surface area contributed by atoms with Crippen molar-refractivity contribution >= 4 is 35.7 Å². The zero-order valence-corrected chi connectivity index (χ0v) is 21.3. The molecular weight excluding hydrogens is 528 g/mol. The molecule has 0 saturated heterocycles. The molecule has 0 radical (unpaired) electrons. The van der Waals surface area contributed by atoms with Gasteiger partial charge >= 0.3 is 23.9 Å². The topological polar surface area (TPSA) is 214 Å². The molecule has 0 spiro atoms. The van der Waals surface area contributed by atoms with Crippen LogP contribution in [0, 0.1) is 0 Å². The maximum absolute atomic E-state index is 12.6. The van der Waals surface area contributed by atoms with E-state index in [-0.39, 0.29) is 13.1 Å². The predicted molar refractivity (Wildman–Crippen MR) is 138 cm³/mol. The molecule has 0 heterocycles. The largest absolute Gasteiger partial charge is 0.480 e. The first-order chi connectivity index (χ1) is 19.0. The van der Waals surface area contributed by atoms with Crippen LogP contribution in [-0.2, 0) is 28.8 Å². The number of carboxylic acid groups (broad SMARTS) is 4. The number of nitrogens with one attached hydrogen (secondary N) is 2. The lowest BCUT2D eigenvalue weighted by Gasteiger charge is -2.26. The quantitative estimate of drug-likeness (QED) is 0.147. The summed E-state index contributed by atoms with van der Waals surface area (Å²) >= 11 is 0. The van der Waals surface area contributed by atoms with Crippen molar-refractivity contribution in [1.82, 2.24) is 20.4 Å². The number of benzene rings is 2. The maximum Gasteiger partial charge on any atom is 0.330 e. The van der Waals surface area contributed by atoms with Crippen molar-refractivity contribution in [2.24, 2.45) is 0 Å². The summed E-state index contributed by atoms with van der Waals surface area (Å²) in [4.78, 5) is 73.6. The third-order valence-corrected chi connectivity index (χ3v) is 5.55. The molecule has 2 aromatic rings. The number of nitrogens with zero attached hydrogens (tertiary/aromatic N) is 2. The van der Waals surface area contributed by atoms with Gasteiger partial charge in [-0.15, -0.1) is 0 Å². The number of carbonyl (C=O) groups is 6. The summed E-state index contributed by atoms with van der Waals surface area (Å²) in [6.45, 7) is -2.65. The van der Waals surface area contributed by atoms with E-state index in [1.807, 2.05) is 0 Å². The van der Waals surface area contributed by atoms with E-state index in [0.29, 0.717) is 11.1 Å². The third kappa shape index (κ3) is 10.9. The number of amides is 2. The van der Waals surface area contributed by atoms with Crippen LogP contribution in [-0.4, -0.2) is 105 Å². The van der Waals surface area contributed by atoms with Gasteiger partial charge in [0.1, 0.15) is 0 Å². The van der Waals surface area contributed by atoms with Gasteiger partial charge in [-0.25, -0.2) is 9.59 Å². The molecule has 6 N–H and O–H groups in total. The molecule has 2 rings (SSSR count). The van der Waals surface area contributed by atoms with Crippen LogP contribution in [0.25, 0.3) is 0 Å². The maximum atomic E-state index is 12.6. The van der Waals surface area contributed by atoms with E-state index >= 15 is 0 Å². The van der Waals surface area contributed by atoms with Gasteiger partial charge in [-0.3, -0.25) is 29.0 Å². The Balaban J connectivity index is 2.06. The minimum Gasteiger partial charge on any atom is -0.480 e. The smallest absolute Gasteiger partial charge is 0.330 e. The molecule has 214 valence electrons. The van der Waals surface area contributed by atoms with Gasteiger partial charge in [0, 0.05) is 13.1 Å². The van der Waals surface area contributed by atoms with Crippen molar-refractivity contribution in [3.63, 3.8) is 0 Å². The van der Waals surface area contributed by atoms with Crippen LogP contribution < -0.4 is 10.6 Å². The molecule has 14 nitrogen and oxygen atoms in total. The van der Waals surface area contributed by atoms with Crippen LogP contribution in [0.2, 0.25) is 0 Å². The SMILES string of the molecule is O=C(O)CN(CCN(CC(=O)O)CC(=O)NC(C(=O)O)c1ccccc1)CC(=O)NC(C(=O)O)c1ccccc1. The summed E-state index contributed by atoms with van der Waals surface area (Å²) in [5.41, 5.74) is 0.615. The van der Waals surface area contributed by atoms with E-state index in [4.69, 9.17) is 0 Å². The first kappa shape index (κ1) is 31.4. The van der Waals surface area contributed by atoms with E-state index in [2.05, 4.69) is 10.6 Å². The summed E-state index contributed by atoms with van der Waals surface area (Å²) in [5, 5.41) is 42.2. The lowest BCUT2D eigenvalue weighted by Crippen LogP contribution is -2.48. The second-order valence-electron chi connectivity index (χ2n) is 8.71. The van der Waals surface area contributed by atoms with Crippen LogP contribution in [0.1, 0.15) is 23.2 Å². The van der Waals surface area contributed by atoms with Gasteiger partial charge in [0.15, 0.2) is 12.1 Å². The molecule has 2 amide bonds. The van der Waals surface area contributed by atoms with E-state index in [1.165, 1.54) is 24.3 Å².